The summed E-state index contributed by atoms with van der Waals surface area (Å²) in [5.41, 5.74) is 3.18. The summed E-state index contributed by atoms with van der Waals surface area (Å²) in [4.78, 5) is 18.2. The van der Waals surface area contributed by atoms with Gasteiger partial charge in [-0.3, -0.25) is 4.79 Å². The van der Waals surface area contributed by atoms with Crippen molar-refractivity contribution in [2.75, 3.05) is 31.1 Å². The lowest BCUT2D eigenvalue weighted by molar-refractivity contribution is -0.122. The number of nitrogens with zero attached hydrogens (tertiary/aromatic N) is 2. The molecule has 3 aromatic rings. The van der Waals surface area contributed by atoms with Crippen molar-refractivity contribution in [1.82, 2.24) is 4.90 Å². The maximum absolute atomic E-state index is 14.4. The van der Waals surface area contributed by atoms with Crippen LogP contribution in [-0.2, 0) is 10.2 Å². The molecule has 5 rings (SSSR count). The molecule has 0 saturated carbocycles. The Labute approximate surface area is 195 Å². The second-order valence-corrected chi connectivity index (χ2v) is 9.26. The molecule has 1 unspecified atom stereocenters. The number of carbonyl (C=O) groups excluding carboxylic acids is 1. The number of fused-ring (bicyclic) bond motifs is 1. The molecule has 2 heterocycles. The Morgan fingerprint density at radius 3 is 2.27 bits per heavy atom. The van der Waals surface area contributed by atoms with Crippen LogP contribution in [0.1, 0.15) is 48.8 Å². The minimum Gasteiger partial charge on any atom is -0.311 e. The van der Waals surface area contributed by atoms with Crippen molar-refractivity contribution in [2.24, 2.45) is 0 Å². The van der Waals surface area contributed by atoms with Gasteiger partial charge in [0, 0.05) is 12.2 Å². The highest BCUT2D eigenvalue weighted by Gasteiger charge is 2.51. The van der Waals surface area contributed by atoms with Crippen LogP contribution in [0.2, 0.25) is 0 Å². The van der Waals surface area contributed by atoms with E-state index in [-0.39, 0.29) is 11.7 Å². The lowest BCUT2D eigenvalue weighted by atomic mass is 9.72. The molecule has 2 aliphatic rings. The summed E-state index contributed by atoms with van der Waals surface area (Å²) in [6.07, 6.45) is 2.91. The molecule has 1 saturated heterocycles. The molecule has 3 nitrogen and oxygen atoms in total. The topological polar surface area (TPSA) is 23.6 Å². The molecule has 0 N–H and O–H groups in total. The predicted octanol–water partition coefficient (Wildman–Crippen LogP) is 5.75. The third-order valence-electron chi connectivity index (χ3n) is 7.56. The molecule has 2 aliphatic heterocycles. The number of benzene rings is 3. The second kappa shape index (κ2) is 9.11. The monoisotopic (exact) mass is 442 g/mol. The molecule has 0 spiro atoms. The number of likely N-dealkylation sites (tertiary alicyclic amines) is 1. The van der Waals surface area contributed by atoms with E-state index in [0.717, 1.165) is 49.3 Å². The van der Waals surface area contributed by atoms with Gasteiger partial charge in [0.2, 0.25) is 5.91 Å². The van der Waals surface area contributed by atoms with Crippen molar-refractivity contribution < 1.29 is 9.18 Å². The maximum atomic E-state index is 14.4. The normalized spacial score (nSPS) is 21.4. The number of amides is 1. The zero-order chi connectivity index (χ0) is 22.8. The molecular weight excluding hydrogens is 411 g/mol. The van der Waals surface area contributed by atoms with Gasteiger partial charge in [-0.15, -0.1) is 0 Å². The molecule has 0 bridgehead atoms. The summed E-state index contributed by atoms with van der Waals surface area (Å²) < 4.78 is 14.4. The Kier molecular flexibility index (Phi) is 6.03. The summed E-state index contributed by atoms with van der Waals surface area (Å²) in [6, 6.07) is 25.5. The van der Waals surface area contributed by atoms with Crippen LogP contribution in [0, 0.1) is 5.82 Å². The smallest absolute Gasteiger partial charge is 0.242 e. The third-order valence-corrected chi connectivity index (χ3v) is 7.56. The van der Waals surface area contributed by atoms with Gasteiger partial charge in [-0.1, -0.05) is 60.7 Å². The molecule has 1 amide bonds. The van der Waals surface area contributed by atoms with E-state index in [2.05, 4.69) is 35.2 Å². The number of carbonyl (C=O) groups is 1. The van der Waals surface area contributed by atoms with Crippen molar-refractivity contribution in [1.29, 1.82) is 0 Å². The Bertz CT molecular complexity index is 1110. The molecule has 1 atom stereocenters. The number of halogens is 1. The molecule has 1 fully saturated rings. The van der Waals surface area contributed by atoms with Crippen molar-refractivity contribution in [3.05, 3.63) is 101 Å². The van der Waals surface area contributed by atoms with Crippen molar-refractivity contribution in [2.45, 2.75) is 37.5 Å². The summed E-state index contributed by atoms with van der Waals surface area (Å²) in [5.74, 6) is 0.378. The average Bonchev–Trinajstić information content (AvgIpc) is 3.11. The second-order valence-electron chi connectivity index (χ2n) is 9.26. The Morgan fingerprint density at radius 1 is 0.939 bits per heavy atom. The minimum atomic E-state index is -0.842. The van der Waals surface area contributed by atoms with E-state index in [9.17, 15) is 9.18 Å². The SMILES string of the molecule is CCN1C(=O)C(CCN2CCC(c3ccccc3)CC2)(c2ccccc2)c2cc(F)ccc21. The van der Waals surface area contributed by atoms with Gasteiger partial charge < -0.3 is 9.80 Å². The first-order valence-corrected chi connectivity index (χ1v) is 12.1. The zero-order valence-corrected chi connectivity index (χ0v) is 19.2. The van der Waals surface area contributed by atoms with Crippen LogP contribution in [-0.4, -0.2) is 37.0 Å². The fourth-order valence-electron chi connectivity index (χ4n) is 5.78. The number of hydrogen-bond donors (Lipinski definition) is 0. The fraction of sp³-hybridized carbons (Fsp3) is 0.345. The molecule has 33 heavy (non-hydrogen) atoms. The van der Waals surface area contributed by atoms with Gasteiger partial charge >= 0.3 is 0 Å². The summed E-state index contributed by atoms with van der Waals surface area (Å²) in [6.45, 7) is 5.42. The van der Waals surface area contributed by atoms with Crippen LogP contribution in [0.5, 0.6) is 0 Å². The number of likely N-dealkylation sites (N-methyl/N-ethyl adjacent to an activating group) is 1. The van der Waals surface area contributed by atoms with Crippen molar-refractivity contribution >= 4 is 11.6 Å². The molecule has 170 valence electrons. The largest absolute Gasteiger partial charge is 0.311 e. The first-order valence-electron chi connectivity index (χ1n) is 12.1. The first-order chi connectivity index (χ1) is 16.1. The highest BCUT2D eigenvalue weighted by molar-refractivity contribution is 6.10. The fourth-order valence-corrected chi connectivity index (χ4v) is 5.78. The molecule has 0 radical (unpaired) electrons. The van der Waals surface area contributed by atoms with E-state index >= 15 is 0 Å². The standard InChI is InChI=1S/C29H31FN2O/c1-2-32-27-14-13-25(30)21-26(27)29(28(32)33,24-11-7-4-8-12-24)17-20-31-18-15-23(16-19-31)22-9-5-3-6-10-22/h3-14,21,23H,2,15-20H2,1H3. The van der Waals surface area contributed by atoms with Gasteiger partial charge in [-0.05, 0) is 86.6 Å². The highest BCUT2D eigenvalue weighted by Crippen LogP contribution is 2.48. The molecule has 0 aromatic heterocycles. The van der Waals surface area contributed by atoms with Crippen LogP contribution in [0.15, 0.2) is 78.9 Å². The van der Waals surface area contributed by atoms with Gasteiger partial charge in [0.15, 0.2) is 0 Å². The van der Waals surface area contributed by atoms with Crippen LogP contribution in [0.25, 0.3) is 0 Å². The quantitative estimate of drug-likeness (QED) is 0.485. The van der Waals surface area contributed by atoms with E-state index in [1.54, 1.807) is 12.1 Å². The van der Waals surface area contributed by atoms with Gasteiger partial charge in [-0.25, -0.2) is 4.39 Å². The minimum absolute atomic E-state index is 0.0657. The maximum Gasteiger partial charge on any atom is 0.242 e. The number of piperidine rings is 1. The third kappa shape index (κ3) is 3.87. The lowest BCUT2D eigenvalue weighted by Crippen LogP contribution is -2.44. The van der Waals surface area contributed by atoms with Gasteiger partial charge in [0.05, 0.1) is 0 Å². The predicted molar refractivity (Wildman–Crippen MR) is 131 cm³/mol. The molecule has 0 aliphatic carbocycles. The van der Waals surface area contributed by atoms with Crippen molar-refractivity contribution in [3.63, 3.8) is 0 Å². The first kappa shape index (κ1) is 21.8. The molecule has 4 heteroatoms. The van der Waals surface area contributed by atoms with Crippen LogP contribution >= 0.6 is 0 Å². The number of rotatable bonds is 6. The summed E-state index contributed by atoms with van der Waals surface area (Å²) >= 11 is 0. The Morgan fingerprint density at radius 2 is 1.61 bits per heavy atom. The highest BCUT2D eigenvalue weighted by atomic mass is 19.1. The summed E-state index contributed by atoms with van der Waals surface area (Å²) in [7, 11) is 0. The lowest BCUT2D eigenvalue weighted by Gasteiger charge is -2.36. The van der Waals surface area contributed by atoms with Crippen LogP contribution < -0.4 is 4.90 Å². The van der Waals surface area contributed by atoms with E-state index in [4.69, 9.17) is 0 Å². The molecular formula is C29H31FN2O. The van der Waals surface area contributed by atoms with Crippen LogP contribution in [0.3, 0.4) is 0 Å². The van der Waals surface area contributed by atoms with Crippen molar-refractivity contribution in [3.8, 4) is 0 Å². The van der Waals surface area contributed by atoms with E-state index in [1.165, 1.54) is 11.6 Å². The van der Waals surface area contributed by atoms with E-state index < -0.39 is 5.41 Å². The molecule has 3 aromatic carbocycles. The number of hydrogen-bond acceptors (Lipinski definition) is 2. The van der Waals surface area contributed by atoms with E-state index in [0.29, 0.717) is 18.9 Å². The zero-order valence-electron chi connectivity index (χ0n) is 19.2. The Balaban J connectivity index is 1.42. The van der Waals surface area contributed by atoms with Crippen LogP contribution in [0.4, 0.5) is 10.1 Å². The summed E-state index contributed by atoms with van der Waals surface area (Å²) in [5, 5.41) is 0. The average molecular weight is 443 g/mol. The van der Waals surface area contributed by atoms with Gasteiger partial charge in [0.1, 0.15) is 11.2 Å². The van der Waals surface area contributed by atoms with Gasteiger partial charge in [-0.2, -0.15) is 0 Å². The van der Waals surface area contributed by atoms with Gasteiger partial charge in [0.25, 0.3) is 0 Å². The van der Waals surface area contributed by atoms with E-state index in [1.807, 2.05) is 42.2 Å². The Hall–Kier alpha value is -2.98. The number of anilines is 1.